The minimum Gasteiger partial charge on any atom is -0.460 e. The third-order valence-electron chi connectivity index (χ3n) is 2.63. The second-order valence-electron chi connectivity index (χ2n) is 5.64. The molecule has 0 rings (SSSR count). The predicted molar refractivity (Wildman–Crippen MR) is 76.4 cm³/mol. The van der Waals surface area contributed by atoms with E-state index in [9.17, 15) is 4.79 Å². The molecule has 0 amide bonds. The van der Waals surface area contributed by atoms with E-state index in [1.54, 1.807) is 6.92 Å². The first kappa shape index (κ1) is 18.1. The van der Waals surface area contributed by atoms with E-state index < -0.39 is 0 Å². The highest BCUT2D eigenvalue weighted by Gasteiger charge is 2.20. The molecule has 0 spiro atoms. The normalized spacial score (nSPS) is 13.1. The van der Waals surface area contributed by atoms with E-state index in [1.807, 2.05) is 0 Å². The Kier molecular flexibility index (Phi) is 8.63. The average molecular weight is 272 g/mol. The summed E-state index contributed by atoms with van der Waals surface area (Å²) in [5.74, 6) is 0.150. The van der Waals surface area contributed by atoms with E-state index in [-0.39, 0.29) is 18.1 Å². The van der Waals surface area contributed by atoms with Gasteiger partial charge in [-0.2, -0.15) is 5.48 Å². The Labute approximate surface area is 116 Å². The second kappa shape index (κ2) is 9.07. The van der Waals surface area contributed by atoms with Gasteiger partial charge in [0.05, 0.1) is 0 Å². The Morgan fingerprint density at radius 1 is 1.42 bits per heavy atom. The third kappa shape index (κ3) is 9.64. The maximum Gasteiger partial charge on any atom is 0.333 e. The first-order chi connectivity index (χ1) is 8.78. The first-order valence-electron chi connectivity index (χ1n) is 6.70. The van der Waals surface area contributed by atoms with Crippen molar-refractivity contribution in [2.45, 2.75) is 46.1 Å². The Bertz CT molecular complexity index is 290. The zero-order chi connectivity index (χ0) is 14.9. The van der Waals surface area contributed by atoms with Crippen LogP contribution in [0.5, 0.6) is 0 Å². The lowest BCUT2D eigenvalue weighted by molar-refractivity contribution is -0.142. The number of ether oxygens (including phenoxy) is 1. The van der Waals surface area contributed by atoms with E-state index >= 15 is 0 Å². The number of carbonyl (C=O) groups is 1. The van der Waals surface area contributed by atoms with Crippen molar-refractivity contribution in [1.82, 2.24) is 5.48 Å². The summed E-state index contributed by atoms with van der Waals surface area (Å²) in [5.41, 5.74) is 8.79. The van der Waals surface area contributed by atoms with Crippen LogP contribution in [-0.2, 0) is 14.4 Å². The standard InChI is InChI=1S/C14H28N2O3/c1-11(2)13(17)18-8-9-19-16-14(4,5)10-12(3)6-7-15/h12,16H,1,6-10,15H2,2-5H3. The number of hydrogen-bond acceptors (Lipinski definition) is 5. The fraction of sp³-hybridized carbons (Fsp3) is 0.786. The summed E-state index contributed by atoms with van der Waals surface area (Å²) in [6, 6.07) is 0. The molecule has 0 aromatic carbocycles. The number of nitrogens with two attached hydrogens (primary N) is 1. The molecule has 19 heavy (non-hydrogen) atoms. The molecule has 5 nitrogen and oxygen atoms in total. The summed E-state index contributed by atoms with van der Waals surface area (Å²) >= 11 is 0. The number of rotatable bonds is 10. The summed E-state index contributed by atoms with van der Waals surface area (Å²) in [4.78, 5) is 16.4. The SMILES string of the molecule is C=C(C)C(=O)OCCONC(C)(C)CC(C)CCN. The average Bonchev–Trinajstić information content (AvgIpc) is 2.27. The van der Waals surface area contributed by atoms with Crippen LogP contribution in [0.2, 0.25) is 0 Å². The van der Waals surface area contributed by atoms with Gasteiger partial charge in [0.25, 0.3) is 0 Å². The predicted octanol–water partition coefficient (Wildman–Crippen LogP) is 1.78. The second-order valence-corrected chi connectivity index (χ2v) is 5.64. The number of carbonyl (C=O) groups excluding carboxylic acids is 1. The summed E-state index contributed by atoms with van der Waals surface area (Å²) in [5, 5.41) is 0. The van der Waals surface area contributed by atoms with Crippen LogP contribution in [-0.4, -0.2) is 31.3 Å². The molecule has 0 aliphatic rings. The maximum atomic E-state index is 11.1. The molecule has 0 aromatic rings. The smallest absolute Gasteiger partial charge is 0.333 e. The molecule has 0 bridgehead atoms. The molecule has 0 heterocycles. The van der Waals surface area contributed by atoms with Gasteiger partial charge in [0.15, 0.2) is 0 Å². The van der Waals surface area contributed by atoms with Crippen LogP contribution in [0.1, 0.15) is 40.5 Å². The lowest BCUT2D eigenvalue weighted by Gasteiger charge is -2.28. The lowest BCUT2D eigenvalue weighted by atomic mass is 9.90. The van der Waals surface area contributed by atoms with Crippen LogP contribution in [0.15, 0.2) is 12.2 Å². The van der Waals surface area contributed by atoms with Crippen LogP contribution >= 0.6 is 0 Å². The number of esters is 1. The highest BCUT2D eigenvalue weighted by atomic mass is 16.7. The van der Waals surface area contributed by atoms with Crippen LogP contribution in [0, 0.1) is 5.92 Å². The van der Waals surface area contributed by atoms with Crippen LogP contribution in [0.4, 0.5) is 0 Å². The number of nitrogens with one attached hydrogen (secondary N) is 1. The molecule has 0 fully saturated rings. The van der Waals surface area contributed by atoms with Crippen molar-refractivity contribution < 1.29 is 14.4 Å². The molecule has 0 saturated carbocycles. The van der Waals surface area contributed by atoms with E-state index in [2.05, 4.69) is 32.8 Å². The monoisotopic (exact) mass is 272 g/mol. The van der Waals surface area contributed by atoms with Crippen molar-refractivity contribution in [2.24, 2.45) is 11.7 Å². The van der Waals surface area contributed by atoms with E-state index in [0.29, 0.717) is 24.6 Å². The molecule has 0 aromatic heterocycles. The molecule has 0 aliphatic heterocycles. The van der Waals surface area contributed by atoms with Crippen LogP contribution in [0.25, 0.3) is 0 Å². The van der Waals surface area contributed by atoms with Gasteiger partial charge in [-0.3, -0.25) is 4.84 Å². The lowest BCUT2D eigenvalue weighted by Crippen LogP contribution is -2.41. The largest absolute Gasteiger partial charge is 0.460 e. The highest BCUT2D eigenvalue weighted by Crippen LogP contribution is 2.18. The molecular weight excluding hydrogens is 244 g/mol. The number of hydrogen-bond donors (Lipinski definition) is 2. The first-order valence-corrected chi connectivity index (χ1v) is 6.70. The Morgan fingerprint density at radius 3 is 2.58 bits per heavy atom. The van der Waals surface area contributed by atoms with E-state index in [4.69, 9.17) is 15.3 Å². The summed E-state index contributed by atoms with van der Waals surface area (Å²) in [6.07, 6.45) is 1.97. The Balaban J connectivity index is 3.74. The zero-order valence-corrected chi connectivity index (χ0v) is 12.6. The molecular formula is C14H28N2O3. The van der Waals surface area contributed by atoms with Gasteiger partial charge in [-0.25, -0.2) is 4.79 Å². The van der Waals surface area contributed by atoms with Crippen molar-refractivity contribution in [3.05, 3.63) is 12.2 Å². The van der Waals surface area contributed by atoms with Crippen molar-refractivity contribution in [1.29, 1.82) is 0 Å². The minimum absolute atomic E-state index is 0.132. The topological polar surface area (TPSA) is 73.6 Å². The maximum absolute atomic E-state index is 11.1. The van der Waals surface area contributed by atoms with Gasteiger partial charge in [-0.1, -0.05) is 13.5 Å². The highest BCUT2D eigenvalue weighted by molar-refractivity contribution is 5.86. The van der Waals surface area contributed by atoms with Crippen molar-refractivity contribution in [3.63, 3.8) is 0 Å². The van der Waals surface area contributed by atoms with Crippen LogP contribution in [0.3, 0.4) is 0 Å². The molecule has 0 radical (unpaired) electrons. The Hall–Kier alpha value is -0.910. The van der Waals surface area contributed by atoms with Gasteiger partial charge < -0.3 is 10.5 Å². The summed E-state index contributed by atoms with van der Waals surface area (Å²) in [6.45, 7) is 12.7. The van der Waals surface area contributed by atoms with Gasteiger partial charge in [0.2, 0.25) is 0 Å². The van der Waals surface area contributed by atoms with E-state index in [0.717, 1.165) is 12.8 Å². The van der Waals surface area contributed by atoms with E-state index in [1.165, 1.54) is 0 Å². The summed E-state index contributed by atoms with van der Waals surface area (Å²) in [7, 11) is 0. The van der Waals surface area contributed by atoms with Crippen molar-refractivity contribution in [3.8, 4) is 0 Å². The summed E-state index contributed by atoms with van der Waals surface area (Å²) < 4.78 is 4.92. The molecule has 0 saturated heterocycles. The van der Waals surface area contributed by atoms with Gasteiger partial charge in [0, 0.05) is 11.1 Å². The van der Waals surface area contributed by atoms with Crippen molar-refractivity contribution in [2.75, 3.05) is 19.8 Å². The van der Waals surface area contributed by atoms with Crippen LogP contribution < -0.4 is 11.2 Å². The molecule has 3 N–H and O–H groups in total. The molecule has 1 unspecified atom stereocenters. The van der Waals surface area contributed by atoms with Gasteiger partial charge in [0.1, 0.15) is 13.2 Å². The molecule has 0 aliphatic carbocycles. The quantitative estimate of drug-likeness (QED) is 0.274. The van der Waals surface area contributed by atoms with Crippen molar-refractivity contribution >= 4 is 5.97 Å². The Morgan fingerprint density at radius 2 is 2.05 bits per heavy atom. The van der Waals surface area contributed by atoms with Gasteiger partial charge in [-0.05, 0) is 46.1 Å². The zero-order valence-electron chi connectivity index (χ0n) is 12.6. The van der Waals surface area contributed by atoms with Gasteiger partial charge in [-0.15, -0.1) is 0 Å². The fourth-order valence-corrected chi connectivity index (χ4v) is 1.85. The minimum atomic E-state index is -0.389. The molecule has 5 heteroatoms. The molecule has 112 valence electrons. The third-order valence-corrected chi connectivity index (χ3v) is 2.63. The van der Waals surface area contributed by atoms with Gasteiger partial charge >= 0.3 is 5.97 Å². The molecule has 1 atom stereocenters. The number of hydroxylamine groups is 1. The fourth-order valence-electron chi connectivity index (χ4n) is 1.85.